The number of methoxy groups -OCH3 is 2. The molecule has 0 bridgehead atoms. The third-order valence-corrected chi connectivity index (χ3v) is 7.22. The van der Waals surface area contributed by atoms with E-state index in [2.05, 4.69) is 36.1 Å². The molecule has 0 aliphatic rings. The molecule has 1 aromatic heterocycles. The molecule has 1 heterocycles. The second-order valence-electron chi connectivity index (χ2n) is 7.76. The number of aryl methyl sites for hydroxylation is 1. The number of amides is 1. The van der Waals surface area contributed by atoms with E-state index in [1.807, 2.05) is 26.2 Å². The zero-order chi connectivity index (χ0) is 23.1. The summed E-state index contributed by atoms with van der Waals surface area (Å²) < 4.78 is 11.9. The number of aromatic nitrogens is 1. The van der Waals surface area contributed by atoms with Gasteiger partial charge in [0.15, 0.2) is 5.13 Å². The molecule has 0 spiro atoms. The van der Waals surface area contributed by atoms with Gasteiger partial charge in [-0.25, -0.2) is 4.98 Å². The maximum Gasteiger partial charge on any atom is 0.228 e. The van der Waals surface area contributed by atoms with E-state index in [-0.39, 0.29) is 5.91 Å². The number of hydrogen-bond acceptors (Lipinski definition) is 7. The minimum absolute atomic E-state index is 0.0911. The molecule has 8 heteroatoms. The number of nitrogens with zero attached hydrogens (tertiary/aromatic N) is 3. The first-order valence-corrected chi connectivity index (χ1v) is 12.4. The van der Waals surface area contributed by atoms with Crippen LogP contribution in [0.4, 0.5) is 5.13 Å². The SMILES string of the molecule is COc1ccc(OC)c2sc(N(CCN(C)C)C(=O)CCCSc3ccc(C)cc3)nc12. The maximum atomic E-state index is 13.2. The number of benzene rings is 2. The van der Waals surface area contributed by atoms with Crippen LogP contribution in [0, 0.1) is 6.92 Å². The van der Waals surface area contributed by atoms with Gasteiger partial charge in [-0.05, 0) is 57.5 Å². The summed E-state index contributed by atoms with van der Waals surface area (Å²) in [5.74, 6) is 2.41. The van der Waals surface area contributed by atoms with E-state index in [0.29, 0.717) is 23.8 Å². The van der Waals surface area contributed by atoms with Gasteiger partial charge in [0.25, 0.3) is 0 Å². The molecule has 3 rings (SSSR count). The van der Waals surface area contributed by atoms with Gasteiger partial charge in [0.1, 0.15) is 21.7 Å². The first-order chi connectivity index (χ1) is 15.4. The molecule has 0 N–H and O–H groups in total. The number of carbonyl (C=O) groups excluding carboxylic acids is 1. The fourth-order valence-electron chi connectivity index (χ4n) is 3.20. The first kappa shape index (κ1) is 24.4. The van der Waals surface area contributed by atoms with Crippen LogP contribution >= 0.6 is 23.1 Å². The summed E-state index contributed by atoms with van der Waals surface area (Å²) in [4.78, 5) is 23.1. The Morgan fingerprint density at radius 2 is 1.72 bits per heavy atom. The summed E-state index contributed by atoms with van der Waals surface area (Å²) in [6, 6.07) is 12.2. The molecular formula is C24H31N3O3S2. The monoisotopic (exact) mass is 473 g/mol. The highest BCUT2D eigenvalue weighted by Gasteiger charge is 2.22. The lowest BCUT2D eigenvalue weighted by Gasteiger charge is -2.22. The predicted octanol–water partition coefficient (Wildman–Crippen LogP) is 5.09. The highest BCUT2D eigenvalue weighted by atomic mass is 32.2. The normalized spacial score (nSPS) is 11.2. The maximum absolute atomic E-state index is 13.2. The van der Waals surface area contributed by atoms with Crippen molar-refractivity contribution in [1.29, 1.82) is 0 Å². The van der Waals surface area contributed by atoms with Crippen molar-refractivity contribution < 1.29 is 14.3 Å². The summed E-state index contributed by atoms with van der Waals surface area (Å²) in [7, 11) is 7.28. The quantitative estimate of drug-likeness (QED) is 0.286. The molecule has 0 saturated heterocycles. The van der Waals surface area contributed by atoms with Crippen molar-refractivity contribution in [2.75, 3.05) is 52.1 Å². The van der Waals surface area contributed by atoms with Gasteiger partial charge in [-0.3, -0.25) is 9.69 Å². The van der Waals surface area contributed by atoms with Gasteiger partial charge in [-0.2, -0.15) is 0 Å². The molecule has 0 unspecified atom stereocenters. The molecule has 0 fully saturated rings. The number of hydrogen-bond donors (Lipinski definition) is 0. The molecule has 6 nitrogen and oxygen atoms in total. The molecule has 3 aromatic rings. The Labute approximate surface area is 198 Å². The summed E-state index contributed by atoms with van der Waals surface area (Å²) in [6.45, 7) is 3.43. The van der Waals surface area contributed by atoms with Crippen molar-refractivity contribution in [2.24, 2.45) is 0 Å². The van der Waals surface area contributed by atoms with E-state index < -0.39 is 0 Å². The summed E-state index contributed by atoms with van der Waals surface area (Å²) >= 11 is 3.25. The minimum Gasteiger partial charge on any atom is -0.495 e. The molecule has 172 valence electrons. The summed E-state index contributed by atoms with van der Waals surface area (Å²) in [6.07, 6.45) is 1.30. The van der Waals surface area contributed by atoms with Gasteiger partial charge in [-0.15, -0.1) is 11.8 Å². The molecule has 32 heavy (non-hydrogen) atoms. The highest BCUT2D eigenvalue weighted by Crippen LogP contribution is 2.40. The van der Waals surface area contributed by atoms with E-state index >= 15 is 0 Å². The van der Waals surface area contributed by atoms with E-state index in [0.717, 1.165) is 34.7 Å². The molecule has 0 aliphatic carbocycles. The third-order valence-electron chi connectivity index (χ3n) is 5.03. The van der Waals surface area contributed by atoms with Crippen LogP contribution < -0.4 is 14.4 Å². The zero-order valence-corrected chi connectivity index (χ0v) is 21.0. The van der Waals surface area contributed by atoms with E-state index in [1.165, 1.54) is 21.8 Å². The van der Waals surface area contributed by atoms with Crippen molar-refractivity contribution in [1.82, 2.24) is 9.88 Å². The van der Waals surface area contributed by atoms with Crippen molar-refractivity contribution in [3.63, 3.8) is 0 Å². The molecule has 0 atom stereocenters. The van der Waals surface area contributed by atoms with Crippen LogP contribution in [0.3, 0.4) is 0 Å². The average Bonchev–Trinajstić information content (AvgIpc) is 3.22. The molecular weight excluding hydrogens is 442 g/mol. The van der Waals surface area contributed by atoms with Crippen molar-refractivity contribution in [3.8, 4) is 11.5 Å². The first-order valence-electron chi connectivity index (χ1n) is 10.6. The Hall–Kier alpha value is -2.29. The zero-order valence-electron chi connectivity index (χ0n) is 19.4. The molecule has 0 saturated carbocycles. The lowest BCUT2D eigenvalue weighted by Crippen LogP contribution is -2.36. The molecule has 0 radical (unpaired) electrons. The minimum atomic E-state index is 0.0911. The van der Waals surface area contributed by atoms with Gasteiger partial charge >= 0.3 is 0 Å². The Kier molecular flexibility index (Phi) is 8.78. The lowest BCUT2D eigenvalue weighted by molar-refractivity contribution is -0.118. The second-order valence-corrected chi connectivity index (χ2v) is 9.90. The smallest absolute Gasteiger partial charge is 0.228 e. The largest absolute Gasteiger partial charge is 0.495 e. The van der Waals surface area contributed by atoms with Gasteiger partial charge < -0.3 is 14.4 Å². The fourth-order valence-corrected chi connectivity index (χ4v) is 5.17. The van der Waals surface area contributed by atoms with E-state index in [9.17, 15) is 4.79 Å². The number of fused-ring (bicyclic) bond motifs is 1. The van der Waals surface area contributed by atoms with Crippen LogP contribution in [0.2, 0.25) is 0 Å². The van der Waals surface area contributed by atoms with Gasteiger partial charge in [0.05, 0.1) is 14.2 Å². The van der Waals surface area contributed by atoms with Crippen molar-refractivity contribution >= 4 is 44.4 Å². The van der Waals surface area contributed by atoms with Crippen LogP contribution in [-0.2, 0) is 4.79 Å². The number of anilines is 1. The average molecular weight is 474 g/mol. The third kappa shape index (κ3) is 6.15. The second kappa shape index (κ2) is 11.5. The molecule has 2 aromatic carbocycles. The molecule has 1 amide bonds. The van der Waals surface area contributed by atoms with Crippen LogP contribution in [0.25, 0.3) is 10.2 Å². The van der Waals surface area contributed by atoms with Crippen LogP contribution in [0.15, 0.2) is 41.3 Å². The summed E-state index contributed by atoms with van der Waals surface area (Å²) in [5.41, 5.74) is 1.98. The topological polar surface area (TPSA) is 54.9 Å². The Morgan fingerprint density at radius 3 is 2.38 bits per heavy atom. The van der Waals surface area contributed by atoms with Crippen molar-refractivity contribution in [3.05, 3.63) is 42.0 Å². The Morgan fingerprint density at radius 1 is 1.03 bits per heavy atom. The number of rotatable bonds is 11. The number of carbonyl (C=O) groups is 1. The Bertz CT molecular complexity index is 994. The number of thioether (sulfide) groups is 1. The van der Waals surface area contributed by atoms with Crippen molar-refractivity contribution in [2.45, 2.75) is 24.7 Å². The van der Waals surface area contributed by atoms with Gasteiger partial charge in [-0.1, -0.05) is 29.0 Å². The summed E-state index contributed by atoms with van der Waals surface area (Å²) in [5, 5.41) is 0.681. The predicted molar refractivity (Wildman–Crippen MR) is 135 cm³/mol. The molecule has 0 aliphatic heterocycles. The Balaban J connectivity index is 1.73. The number of ether oxygens (including phenoxy) is 2. The van der Waals surface area contributed by atoms with Crippen LogP contribution in [0.1, 0.15) is 18.4 Å². The van der Waals surface area contributed by atoms with Crippen LogP contribution in [-0.4, -0.2) is 62.9 Å². The van der Waals surface area contributed by atoms with E-state index in [4.69, 9.17) is 14.5 Å². The van der Waals surface area contributed by atoms with Gasteiger partial charge in [0, 0.05) is 24.4 Å². The lowest BCUT2D eigenvalue weighted by atomic mass is 10.2. The standard InChI is InChI=1S/C24H31N3O3S2/c1-17-8-10-18(11-9-17)31-16-6-7-21(28)27(15-14-26(2)3)24-25-22-19(29-4)12-13-20(30-5)23(22)32-24/h8-13H,6-7,14-16H2,1-5H3. The highest BCUT2D eigenvalue weighted by molar-refractivity contribution is 7.99. The number of thiazole rings is 1. The number of likely N-dealkylation sites (N-methyl/N-ethyl adjacent to an activating group) is 1. The fraction of sp³-hybridized carbons (Fsp3) is 0.417. The van der Waals surface area contributed by atoms with Gasteiger partial charge in [0.2, 0.25) is 5.91 Å². The van der Waals surface area contributed by atoms with E-state index in [1.54, 1.807) is 30.9 Å². The van der Waals surface area contributed by atoms with Crippen LogP contribution in [0.5, 0.6) is 11.5 Å².